The van der Waals surface area contributed by atoms with Crippen molar-refractivity contribution in [1.29, 1.82) is 0 Å². The molecule has 4 rings (SSSR count). The summed E-state index contributed by atoms with van der Waals surface area (Å²) in [6.45, 7) is 6.33. The van der Waals surface area contributed by atoms with E-state index < -0.39 is 0 Å². The van der Waals surface area contributed by atoms with E-state index in [0.29, 0.717) is 5.58 Å². The van der Waals surface area contributed by atoms with Gasteiger partial charge in [0.05, 0.1) is 17.2 Å². The average Bonchev–Trinajstić information content (AvgIpc) is 3.06. The monoisotopic (exact) mass is 361 g/mol. The van der Waals surface area contributed by atoms with Crippen molar-refractivity contribution in [1.82, 2.24) is 15.0 Å². The minimum absolute atomic E-state index is 0.183. The highest BCUT2D eigenvalue weighted by atomic mass is 16.4. The lowest BCUT2D eigenvalue weighted by molar-refractivity contribution is 0.626. The summed E-state index contributed by atoms with van der Waals surface area (Å²) in [5.74, 6) is 0.933. The molecule has 0 aliphatic heterocycles. The summed E-state index contributed by atoms with van der Waals surface area (Å²) >= 11 is 0. The molecule has 2 N–H and O–H groups in total. The first kappa shape index (κ1) is 17.3. The molecule has 0 aliphatic rings. The van der Waals surface area contributed by atoms with Gasteiger partial charge in [0.25, 0.3) is 6.01 Å². The van der Waals surface area contributed by atoms with Crippen LogP contribution in [0.1, 0.15) is 26.7 Å². The van der Waals surface area contributed by atoms with Crippen LogP contribution >= 0.6 is 0 Å². The van der Waals surface area contributed by atoms with Crippen molar-refractivity contribution in [3.63, 3.8) is 0 Å². The van der Waals surface area contributed by atoms with E-state index in [9.17, 15) is 0 Å². The Hall–Kier alpha value is -3.15. The normalized spacial score (nSPS) is 11.3. The van der Waals surface area contributed by atoms with Crippen molar-refractivity contribution >= 4 is 34.0 Å². The molecule has 0 saturated carbocycles. The summed E-state index contributed by atoms with van der Waals surface area (Å²) < 4.78 is 5.36. The quantitative estimate of drug-likeness (QED) is 0.538. The van der Waals surface area contributed by atoms with Gasteiger partial charge >= 0.3 is 0 Å². The fourth-order valence-electron chi connectivity index (χ4n) is 3.34. The van der Waals surface area contributed by atoms with E-state index in [2.05, 4.69) is 40.8 Å². The highest BCUT2D eigenvalue weighted by Crippen LogP contribution is 2.28. The van der Waals surface area contributed by atoms with Gasteiger partial charge in [-0.15, -0.1) is 0 Å². The number of nitrogens with zero attached hydrogens (tertiary/aromatic N) is 4. The summed E-state index contributed by atoms with van der Waals surface area (Å²) in [5, 5.41) is 0. The van der Waals surface area contributed by atoms with Crippen LogP contribution in [-0.4, -0.2) is 28.0 Å². The lowest BCUT2D eigenvalue weighted by atomic mass is 10.0. The van der Waals surface area contributed by atoms with Gasteiger partial charge in [-0.25, -0.2) is 4.98 Å². The number of nitrogens with two attached hydrogens (primary N) is 1. The van der Waals surface area contributed by atoms with E-state index >= 15 is 0 Å². The molecule has 4 aromatic rings. The van der Waals surface area contributed by atoms with Crippen LogP contribution in [0.5, 0.6) is 0 Å². The Morgan fingerprint density at radius 3 is 2.33 bits per heavy atom. The molecule has 2 aromatic heterocycles. The standard InChI is InChI=1S/C21H23N5O/c1-3-9-26(10-4-2)20-13-23-16-7-5-14(11-17(16)24-20)15-6-8-19-18(12-15)25-21(22)27-19/h5-8,11-13H,3-4,9-10H2,1-2H3,(H2,22,25). The molecule has 0 amide bonds. The van der Waals surface area contributed by atoms with E-state index in [1.54, 1.807) is 0 Å². The molecule has 0 radical (unpaired) electrons. The first-order chi connectivity index (χ1) is 13.2. The minimum atomic E-state index is 0.183. The van der Waals surface area contributed by atoms with Crippen LogP contribution in [0.4, 0.5) is 11.8 Å². The number of hydrogen-bond acceptors (Lipinski definition) is 6. The first-order valence-electron chi connectivity index (χ1n) is 9.36. The van der Waals surface area contributed by atoms with Gasteiger partial charge in [0, 0.05) is 13.1 Å². The summed E-state index contributed by atoms with van der Waals surface area (Å²) in [7, 11) is 0. The lowest BCUT2D eigenvalue weighted by Crippen LogP contribution is -2.25. The van der Waals surface area contributed by atoms with Crippen molar-refractivity contribution in [2.45, 2.75) is 26.7 Å². The zero-order valence-corrected chi connectivity index (χ0v) is 15.6. The van der Waals surface area contributed by atoms with Gasteiger partial charge in [0.15, 0.2) is 5.58 Å². The van der Waals surface area contributed by atoms with Gasteiger partial charge in [-0.3, -0.25) is 4.98 Å². The van der Waals surface area contributed by atoms with Crippen LogP contribution in [-0.2, 0) is 0 Å². The Balaban J connectivity index is 1.75. The lowest BCUT2D eigenvalue weighted by Gasteiger charge is -2.22. The molecule has 0 atom stereocenters. The predicted molar refractivity (Wildman–Crippen MR) is 110 cm³/mol. The molecule has 2 heterocycles. The molecule has 0 saturated heterocycles. The number of aromatic nitrogens is 3. The van der Waals surface area contributed by atoms with E-state index in [1.807, 2.05) is 30.5 Å². The number of oxazole rings is 1. The van der Waals surface area contributed by atoms with E-state index in [-0.39, 0.29) is 6.01 Å². The van der Waals surface area contributed by atoms with Crippen molar-refractivity contribution in [3.05, 3.63) is 42.6 Å². The van der Waals surface area contributed by atoms with Crippen LogP contribution in [0, 0.1) is 0 Å². The van der Waals surface area contributed by atoms with Gasteiger partial charge in [0.2, 0.25) is 0 Å². The molecule has 6 heteroatoms. The van der Waals surface area contributed by atoms with Crippen molar-refractivity contribution in [2.24, 2.45) is 0 Å². The molecule has 27 heavy (non-hydrogen) atoms. The maximum atomic E-state index is 5.65. The number of anilines is 2. The van der Waals surface area contributed by atoms with E-state index in [1.165, 1.54) is 0 Å². The average molecular weight is 361 g/mol. The molecule has 2 aromatic carbocycles. The molecule has 0 aliphatic carbocycles. The van der Waals surface area contributed by atoms with Crippen LogP contribution in [0.3, 0.4) is 0 Å². The van der Waals surface area contributed by atoms with Crippen molar-refractivity contribution < 1.29 is 4.42 Å². The molecule has 0 spiro atoms. The van der Waals surface area contributed by atoms with Crippen LogP contribution in [0.25, 0.3) is 33.3 Å². The molecule has 0 unspecified atom stereocenters. The zero-order chi connectivity index (χ0) is 18.8. The third kappa shape index (κ3) is 3.43. The van der Waals surface area contributed by atoms with E-state index in [0.717, 1.165) is 59.4 Å². The Labute approximate surface area is 158 Å². The highest BCUT2D eigenvalue weighted by molar-refractivity contribution is 5.86. The van der Waals surface area contributed by atoms with Gasteiger partial charge in [-0.1, -0.05) is 26.0 Å². The Kier molecular flexibility index (Phi) is 4.62. The summed E-state index contributed by atoms with van der Waals surface area (Å²) in [6.07, 6.45) is 4.04. The molecule has 0 fully saturated rings. The molecular weight excluding hydrogens is 338 g/mol. The smallest absolute Gasteiger partial charge is 0.292 e. The minimum Gasteiger partial charge on any atom is -0.424 e. The van der Waals surface area contributed by atoms with Crippen LogP contribution < -0.4 is 10.6 Å². The van der Waals surface area contributed by atoms with Gasteiger partial charge in [-0.05, 0) is 48.2 Å². The number of hydrogen-bond donors (Lipinski definition) is 1. The van der Waals surface area contributed by atoms with Gasteiger partial charge in [-0.2, -0.15) is 4.98 Å². The van der Waals surface area contributed by atoms with Crippen molar-refractivity contribution in [2.75, 3.05) is 23.7 Å². The summed E-state index contributed by atoms with van der Waals surface area (Å²) in [5.41, 5.74) is 11.0. The van der Waals surface area contributed by atoms with Crippen LogP contribution in [0.2, 0.25) is 0 Å². The van der Waals surface area contributed by atoms with Crippen molar-refractivity contribution in [3.8, 4) is 11.1 Å². The van der Waals surface area contributed by atoms with Gasteiger partial charge < -0.3 is 15.1 Å². The maximum absolute atomic E-state index is 5.65. The Morgan fingerprint density at radius 1 is 0.889 bits per heavy atom. The molecular formula is C21H23N5O. The second kappa shape index (κ2) is 7.23. The number of fused-ring (bicyclic) bond motifs is 2. The molecule has 0 bridgehead atoms. The zero-order valence-electron chi connectivity index (χ0n) is 15.6. The summed E-state index contributed by atoms with van der Waals surface area (Å²) in [4.78, 5) is 16.0. The molecule has 138 valence electrons. The number of benzene rings is 2. The number of rotatable bonds is 6. The third-order valence-corrected chi connectivity index (χ3v) is 4.58. The topological polar surface area (TPSA) is 81.1 Å². The SMILES string of the molecule is CCCN(CCC)c1cnc2ccc(-c3ccc4oc(N)nc4c3)cc2n1. The largest absolute Gasteiger partial charge is 0.424 e. The molecule has 6 nitrogen and oxygen atoms in total. The summed E-state index contributed by atoms with van der Waals surface area (Å²) in [6, 6.07) is 12.2. The Bertz CT molecular complexity index is 1080. The Morgan fingerprint density at radius 2 is 1.59 bits per heavy atom. The van der Waals surface area contributed by atoms with Crippen LogP contribution in [0.15, 0.2) is 47.0 Å². The second-order valence-electron chi connectivity index (χ2n) is 6.65. The highest BCUT2D eigenvalue weighted by Gasteiger charge is 2.10. The second-order valence-corrected chi connectivity index (χ2v) is 6.65. The fraction of sp³-hybridized carbons (Fsp3) is 0.286. The maximum Gasteiger partial charge on any atom is 0.292 e. The fourth-order valence-corrected chi connectivity index (χ4v) is 3.34. The number of nitrogen functional groups attached to an aromatic ring is 1. The van der Waals surface area contributed by atoms with E-state index in [4.69, 9.17) is 15.1 Å². The van der Waals surface area contributed by atoms with Gasteiger partial charge in [0.1, 0.15) is 11.3 Å². The predicted octanol–water partition coefficient (Wildman–Crippen LogP) is 4.65. The first-order valence-corrected chi connectivity index (χ1v) is 9.36. The third-order valence-electron chi connectivity index (χ3n) is 4.58.